The van der Waals surface area contributed by atoms with Gasteiger partial charge in [-0.1, -0.05) is 36.4 Å². The van der Waals surface area contributed by atoms with E-state index in [9.17, 15) is 0 Å². The Hall–Kier alpha value is -1.64. The zero-order chi connectivity index (χ0) is 14.8. The van der Waals surface area contributed by atoms with Gasteiger partial charge in [-0.3, -0.25) is 0 Å². The molecule has 0 aliphatic rings. The monoisotopic (exact) mass is 295 g/mol. The van der Waals surface area contributed by atoms with Gasteiger partial charge >= 0.3 is 0 Å². The van der Waals surface area contributed by atoms with Crippen molar-refractivity contribution in [2.45, 2.75) is 26.3 Å². The van der Waals surface area contributed by atoms with Gasteiger partial charge in [0.1, 0.15) is 0 Å². The number of benzene rings is 2. The van der Waals surface area contributed by atoms with E-state index < -0.39 is 0 Å². The molecule has 0 radical (unpaired) electrons. The lowest BCUT2D eigenvalue weighted by Crippen LogP contribution is -2.20. The van der Waals surface area contributed by atoms with Crippen molar-refractivity contribution in [3.05, 3.63) is 70.1 Å². The van der Waals surface area contributed by atoms with Crippen LogP contribution in [-0.4, -0.2) is 7.05 Å². The van der Waals surface area contributed by atoms with E-state index in [0.29, 0.717) is 6.04 Å². The largest absolute Gasteiger partial charge is 0.313 e. The highest BCUT2D eigenvalue weighted by atomic mass is 32.1. The van der Waals surface area contributed by atoms with Crippen LogP contribution in [0.3, 0.4) is 0 Å². The summed E-state index contributed by atoms with van der Waals surface area (Å²) in [6, 6.07) is 15.6. The molecule has 0 bridgehead atoms. The minimum absolute atomic E-state index is 0.364. The highest BCUT2D eigenvalue weighted by Crippen LogP contribution is 2.30. The fourth-order valence-electron chi connectivity index (χ4n) is 2.93. The molecule has 0 aliphatic heterocycles. The molecule has 1 unspecified atom stereocenters. The van der Waals surface area contributed by atoms with Gasteiger partial charge in [-0.05, 0) is 66.4 Å². The molecular weight excluding hydrogens is 274 g/mol. The molecule has 1 atom stereocenters. The standard InChI is InChI=1S/C19H21NS/c1-13-7-6-9-16(14(13)2)18(20-3)11-15-12-21-19-10-5-4-8-17(15)19/h4-10,12,18,20H,11H2,1-3H3. The molecule has 1 aromatic heterocycles. The van der Waals surface area contributed by atoms with E-state index in [-0.39, 0.29) is 0 Å². The van der Waals surface area contributed by atoms with Gasteiger partial charge in [0.15, 0.2) is 0 Å². The molecule has 108 valence electrons. The van der Waals surface area contributed by atoms with Gasteiger partial charge in [-0.2, -0.15) is 0 Å². The van der Waals surface area contributed by atoms with Crippen molar-refractivity contribution in [2.24, 2.45) is 0 Å². The maximum atomic E-state index is 3.49. The van der Waals surface area contributed by atoms with Gasteiger partial charge in [0.2, 0.25) is 0 Å². The fourth-order valence-corrected chi connectivity index (χ4v) is 3.91. The number of nitrogens with one attached hydrogen (secondary N) is 1. The van der Waals surface area contributed by atoms with Crippen molar-refractivity contribution >= 4 is 21.4 Å². The Morgan fingerprint density at radius 3 is 2.67 bits per heavy atom. The predicted molar refractivity (Wildman–Crippen MR) is 93.2 cm³/mol. The second-order valence-corrected chi connectivity index (χ2v) is 6.50. The molecule has 0 spiro atoms. The lowest BCUT2D eigenvalue weighted by Gasteiger charge is -2.20. The number of fused-ring (bicyclic) bond motifs is 1. The molecule has 1 heterocycles. The number of aryl methyl sites for hydroxylation is 1. The maximum absolute atomic E-state index is 3.49. The molecule has 1 nitrogen and oxygen atoms in total. The molecule has 0 aliphatic carbocycles. The van der Waals surface area contributed by atoms with Crippen molar-refractivity contribution in [2.75, 3.05) is 7.05 Å². The summed E-state index contributed by atoms with van der Waals surface area (Å²) in [6.45, 7) is 4.41. The summed E-state index contributed by atoms with van der Waals surface area (Å²) in [5, 5.41) is 7.20. The Bertz CT molecular complexity index is 757. The van der Waals surface area contributed by atoms with E-state index in [1.807, 2.05) is 11.3 Å². The summed E-state index contributed by atoms with van der Waals surface area (Å²) in [4.78, 5) is 0. The lowest BCUT2D eigenvalue weighted by molar-refractivity contribution is 0.591. The maximum Gasteiger partial charge on any atom is 0.0361 e. The van der Waals surface area contributed by atoms with Gasteiger partial charge < -0.3 is 5.32 Å². The Labute approximate surface area is 130 Å². The molecule has 21 heavy (non-hydrogen) atoms. The number of thiophene rings is 1. The fraction of sp³-hybridized carbons (Fsp3) is 0.263. The van der Waals surface area contributed by atoms with Gasteiger partial charge in [0, 0.05) is 10.7 Å². The van der Waals surface area contributed by atoms with Crippen molar-refractivity contribution in [1.29, 1.82) is 0 Å². The summed E-state index contributed by atoms with van der Waals surface area (Å²) in [6.07, 6.45) is 1.03. The van der Waals surface area contributed by atoms with Gasteiger partial charge in [-0.25, -0.2) is 0 Å². The SMILES string of the molecule is CNC(Cc1csc2ccccc12)c1cccc(C)c1C. The molecule has 0 fully saturated rings. The summed E-state index contributed by atoms with van der Waals surface area (Å²) in [7, 11) is 2.06. The summed E-state index contributed by atoms with van der Waals surface area (Å²) >= 11 is 1.84. The van der Waals surface area contributed by atoms with E-state index in [2.05, 4.69) is 74.1 Å². The van der Waals surface area contributed by atoms with Crippen LogP contribution in [0.2, 0.25) is 0 Å². The topological polar surface area (TPSA) is 12.0 Å². The number of rotatable bonds is 4. The Morgan fingerprint density at radius 2 is 1.86 bits per heavy atom. The van der Waals surface area contributed by atoms with E-state index in [1.165, 1.54) is 32.3 Å². The second kappa shape index (κ2) is 6.00. The molecule has 3 aromatic rings. The second-order valence-electron chi connectivity index (χ2n) is 5.59. The van der Waals surface area contributed by atoms with Crippen LogP contribution in [-0.2, 0) is 6.42 Å². The van der Waals surface area contributed by atoms with Crippen LogP contribution in [0.4, 0.5) is 0 Å². The third-order valence-corrected chi connectivity index (χ3v) is 5.37. The van der Waals surface area contributed by atoms with Crippen LogP contribution >= 0.6 is 11.3 Å². The van der Waals surface area contributed by atoms with E-state index >= 15 is 0 Å². The molecule has 0 amide bonds. The Balaban J connectivity index is 1.96. The van der Waals surface area contributed by atoms with Gasteiger partial charge in [-0.15, -0.1) is 11.3 Å². The highest BCUT2D eigenvalue weighted by Gasteiger charge is 2.15. The minimum atomic E-state index is 0.364. The smallest absolute Gasteiger partial charge is 0.0361 e. The normalized spacial score (nSPS) is 12.7. The van der Waals surface area contributed by atoms with E-state index in [0.717, 1.165) is 6.42 Å². The van der Waals surface area contributed by atoms with Crippen LogP contribution < -0.4 is 5.32 Å². The molecule has 1 N–H and O–H groups in total. The number of hydrogen-bond acceptors (Lipinski definition) is 2. The third kappa shape index (κ3) is 2.74. The average Bonchev–Trinajstić information content (AvgIpc) is 2.91. The summed E-state index contributed by atoms with van der Waals surface area (Å²) < 4.78 is 1.38. The zero-order valence-corrected chi connectivity index (χ0v) is 13.6. The van der Waals surface area contributed by atoms with Crippen molar-refractivity contribution in [3.63, 3.8) is 0 Å². The quantitative estimate of drug-likeness (QED) is 0.712. The molecular formula is C19H21NS. The van der Waals surface area contributed by atoms with Crippen molar-refractivity contribution < 1.29 is 0 Å². The molecule has 3 rings (SSSR count). The first-order chi connectivity index (χ1) is 10.2. The summed E-state index contributed by atoms with van der Waals surface area (Å²) in [5.74, 6) is 0. The Kier molecular flexibility index (Phi) is 4.09. The molecule has 0 saturated carbocycles. The van der Waals surface area contributed by atoms with Gasteiger partial charge in [0.25, 0.3) is 0 Å². The predicted octanol–water partition coefficient (Wildman–Crippen LogP) is 5.02. The van der Waals surface area contributed by atoms with Crippen LogP contribution in [0.15, 0.2) is 47.8 Å². The zero-order valence-electron chi connectivity index (χ0n) is 12.8. The number of likely N-dealkylation sites (N-methyl/N-ethyl adjacent to an activating group) is 1. The first-order valence-electron chi connectivity index (χ1n) is 7.39. The van der Waals surface area contributed by atoms with Crippen LogP contribution in [0.5, 0.6) is 0 Å². The van der Waals surface area contributed by atoms with Crippen molar-refractivity contribution in [1.82, 2.24) is 5.32 Å². The average molecular weight is 295 g/mol. The first-order valence-corrected chi connectivity index (χ1v) is 8.27. The van der Waals surface area contributed by atoms with Crippen LogP contribution in [0.1, 0.15) is 28.3 Å². The van der Waals surface area contributed by atoms with E-state index in [4.69, 9.17) is 0 Å². The lowest BCUT2D eigenvalue weighted by atomic mass is 9.93. The Morgan fingerprint density at radius 1 is 1.05 bits per heavy atom. The first kappa shape index (κ1) is 14.3. The molecule has 2 aromatic carbocycles. The minimum Gasteiger partial charge on any atom is -0.313 e. The third-order valence-electron chi connectivity index (χ3n) is 4.36. The van der Waals surface area contributed by atoms with Crippen LogP contribution in [0.25, 0.3) is 10.1 Å². The van der Waals surface area contributed by atoms with Crippen LogP contribution in [0, 0.1) is 13.8 Å². The highest BCUT2D eigenvalue weighted by molar-refractivity contribution is 7.17. The molecule has 2 heteroatoms. The molecule has 0 saturated heterocycles. The van der Waals surface area contributed by atoms with Crippen molar-refractivity contribution in [3.8, 4) is 0 Å². The van der Waals surface area contributed by atoms with Gasteiger partial charge in [0.05, 0.1) is 0 Å². The summed E-state index contributed by atoms with van der Waals surface area (Å²) in [5.41, 5.74) is 5.61. The number of hydrogen-bond donors (Lipinski definition) is 1. The van der Waals surface area contributed by atoms with E-state index in [1.54, 1.807) is 0 Å².